The molecule has 1 saturated carbocycles. The second kappa shape index (κ2) is 7.31. The van der Waals surface area contributed by atoms with Crippen molar-refractivity contribution in [2.45, 2.75) is 58.4 Å². The molecule has 0 radical (unpaired) electrons. The van der Waals surface area contributed by atoms with E-state index in [0.717, 1.165) is 24.1 Å². The van der Waals surface area contributed by atoms with Crippen molar-refractivity contribution in [1.29, 1.82) is 0 Å². The second-order valence-corrected chi connectivity index (χ2v) is 7.49. The summed E-state index contributed by atoms with van der Waals surface area (Å²) < 4.78 is 5.35. The maximum absolute atomic E-state index is 5.35. The topological polar surface area (TPSA) is 21.3 Å². The molecular formula is C19H31NO. The molecule has 1 N–H and O–H groups in total. The Balaban J connectivity index is 1.97. The number of hydrogen-bond acceptors (Lipinski definition) is 2. The van der Waals surface area contributed by atoms with Gasteiger partial charge in [0.1, 0.15) is 5.75 Å². The number of ether oxygens (including phenoxy) is 1. The Morgan fingerprint density at radius 3 is 2.52 bits per heavy atom. The van der Waals surface area contributed by atoms with E-state index < -0.39 is 0 Å². The first kappa shape index (κ1) is 16.4. The molecule has 2 atom stereocenters. The van der Waals surface area contributed by atoms with E-state index in [1.54, 1.807) is 7.11 Å². The summed E-state index contributed by atoms with van der Waals surface area (Å²) in [4.78, 5) is 0. The van der Waals surface area contributed by atoms with Crippen LogP contribution in [0.2, 0.25) is 0 Å². The molecule has 1 aromatic carbocycles. The molecule has 0 heterocycles. The number of nitrogens with one attached hydrogen (secondary N) is 1. The van der Waals surface area contributed by atoms with E-state index in [9.17, 15) is 0 Å². The minimum Gasteiger partial charge on any atom is -0.497 e. The molecule has 0 spiro atoms. The van der Waals surface area contributed by atoms with Crippen molar-refractivity contribution < 1.29 is 4.74 Å². The lowest BCUT2D eigenvalue weighted by Crippen LogP contribution is -2.41. The molecule has 2 heteroatoms. The van der Waals surface area contributed by atoms with Crippen molar-refractivity contribution in [2.24, 2.45) is 11.8 Å². The first-order valence-corrected chi connectivity index (χ1v) is 8.36. The predicted molar refractivity (Wildman–Crippen MR) is 89.9 cm³/mol. The van der Waals surface area contributed by atoms with Crippen molar-refractivity contribution >= 4 is 0 Å². The molecule has 0 saturated heterocycles. The van der Waals surface area contributed by atoms with Crippen LogP contribution in [0, 0.1) is 11.8 Å². The fraction of sp³-hybridized carbons (Fsp3) is 0.684. The van der Waals surface area contributed by atoms with Crippen molar-refractivity contribution in [1.82, 2.24) is 5.32 Å². The zero-order valence-corrected chi connectivity index (χ0v) is 14.1. The molecule has 1 aliphatic rings. The third kappa shape index (κ3) is 5.35. The molecule has 1 aromatic rings. The third-order valence-corrected chi connectivity index (χ3v) is 4.59. The Labute approximate surface area is 130 Å². The van der Waals surface area contributed by atoms with Crippen LogP contribution in [0.25, 0.3) is 0 Å². The number of methoxy groups -OCH3 is 1. The average Bonchev–Trinajstić information content (AvgIpc) is 2.46. The first-order valence-electron chi connectivity index (χ1n) is 8.36. The van der Waals surface area contributed by atoms with Gasteiger partial charge in [0.25, 0.3) is 0 Å². The van der Waals surface area contributed by atoms with E-state index in [2.05, 4.69) is 44.3 Å². The van der Waals surface area contributed by atoms with Gasteiger partial charge in [-0.05, 0) is 76.1 Å². The minimum atomic E-state index is 0.220. The third-order valence-electron chi connectivity index (χ3n) is 4.59. The van der Waals surface area contributed by atoms with Crippen LogP contribution in [0.4, 0.5) is 0 Å². The van der Waals surface area contributed by atoms with Gasteiger partial charge in [0, 0.05) is 5.54 Å². The summed E-state index contributed by atoms with van der Waals surface area (Å²) in [5.74, 6) is 2.59. The standard InChI is InChI=1S/C19H31NO/c1-19(2,3)20-14-17-10-6-5-9-16(17)12-15-8-7-11-18(13-15)21-4/h7-8,11,13,16-17,20H,5-6,9-10,12,14H2,1-4H3. The molecule has 1 fully saturated rings. The van der Waals surface area contributed by atoms with Gasteiger partial charge in [-0.3, -0.25) is 0 Å². The summed E-state index contributed by atoms with van der Waals surface area (Å²) in [5.41, 5.74) is 1.64. The SMILES string of the molecule is COc1cccc(CC2CCCCC2CNC(C)(C)C)c1. The van der Waals surface area contributed by atoms with Gasteiger partial charge >= 0.3 is 0 Å². The number of rotatable bonds is 5. The highest BCUT2D eigenvalue weighted by atomic mass is 16.5. The van der Waals surface area contributed by atoms with Gasteiger partial charge < -0.3 is 10.1 Å². The maximum Gasteiger partial charge on any atom is 0.119 e. The molecule has 2 nitrogen and oxygen atoms in total. The smallest absolute Gasteiger partial charge is 0.119 e. The molecule has 2 unspecified atom stereocenters. The molecular weight excluding hydrogens is 258 g/mol. The van der Waals surface area contributed by atoms with Gasteiger partial charge in [-0.25, -0.2) is 0 Å². The predicted octanol–water partition coefficient (Wildman–Crippen LogP) is 4.43. The molecule has 1 aliphatic carbocycles. The van der Waals surface area contributed by atoms with E-state index in [1.165, 1.54) is 37.7 Å². The lowest BCUT2D eigenvalue weighted by molar-refractivity contribution is 0.213. The van der Waals surface area contributed by atoms with Gasteiger partial charge in [-0.15, -0.1) is 0 Å². The van der Waals surface area contributed by atoms with Crippen molar-refractivity contribution in [3.8, 4) is 5.75 Å². The summed E-state index contributed by atoms with van der Waals surface area (Å²) in [5, 5.41) is 3.71. The number of hydrogen-bond donors (Lipinski definition) is 1. The maximum atomic E-state index is 5.35. The largest absolute Gasteiger partial charge is 0.497 e. The normalized spacial score (nSPS) is 23.0. The zero-order chi connectivity index (χ0) is 15.3. The summed E-state index contributed by atoms with van der Waals surface area (Å²) in [7, 11) is 1.75. The summed E-state index contributed by atoms with van der Waals surface area (Å²) in [6, 6.07) is 8.58. The Morgan fingerprint density at radius 1 is 1.14 bits per heavy atom. The van der Waals surface area contributed by atoms with E-state index in [-0.39, 0.29) is 5.54 Å². The lowest BCUT2D eigenvalue weighted by Gasteiger charge is -2.34. The Bertz CT molecular complexity index is 435. The van der Waals surface area contributed by atoms with Gasteiger partial charge in [0.05, 0.1) is 7.11 Å². The fourth-order valence-electron chi connectivity index (χ4n) is 3.36. The lowest BCUT2D eigenvalue weighted by atomic mass is 9.76. The van der Waals surface area contributed by atoms with Crippen LogP contribution < -0.4 is 10.1 Å². The highest BCUT2D eigenvalue weighted by Crippen LogP contribution is 2.33. The Kier molecular flexibility index (Phi) is 5.69. The first-order chi connectivity index (χ1) is 9.98. The van der Waals surface area contributed by atoms with E-state index in [1.807, 2.05) is 6.07 Å². The van der Waals surface area contributed by atoms with E-state index in [0.29, 0.717) is 0 Å². The molecule has 0 aromatic heterocycles. The monoisotopic (exact) mass is 289 g/mol. The molecule has 0 amide bonds. The van der Waals surface area contributed by atoms with Crippen LogP contribution >= 0.6 is 0 Å². The van der Waals surface area contributed by atoms with Gasteiger partial charge in [0.15, 0.2) is 0 Å². The Hall–Kier alpha value is -1.02. The Morgan fingerprint density at radius 2 is 1.86 bits per heavy atom. The quantitative estimate of drug-likeness (QED) is 0.865. The number of benzene rings is 1. The van der Waals surface area contributed by atoms with Crippen LogP contribution in [-0.4, -0.2) is 19.2 Å². The highest BCUT2D eigenvalue weighted by molar-refractivity contribution is 5.28. The van der Waals surface area contributed by atoms with Crippen LogP contribution in [0.1, 0.15) is 52.0 Å². The molecule has 21 heavy (non-hydrogen) atoms. The van der Waals surface area contributed by atoms with Crippen LogP contribution in [-0.2, 0) is 6.42 Å². The molecule has 2 rings (SSSR count). The van der Waals surface area contributed by atoms with Crippen molar-refractivity contribution in [2.75, 3.05) is 13.7 Å². The van der Waals surface area contributed by atoms with Crippen LogP contribution in [0.3, 0.4) is 0 Å². The van der Waals surface area contributed by atoms with Gasteiger partial charge in [-0.1, -0.05) is 25.0 Å². The zero-order valence-electron chi connectivity index (χ0n) is 14.1. The van der Waals surface area contributed by atoms with Gasteiger partial charge in [-0.2, -0.15) is 0 Å². The van der Waals surface area contributed by atoms with Crippen molar-refractivity contribution in [3.05, 3.63) is 29.8 Å². The fourth-order valence-corrected chi connectivity index (χ4v) is 3.36. The average molecular weight is 289 g/mol. The summed E-state index contributed by atoms with van der Waals surface area (Å²) in [6.45, 7) is 7.92. The van der Waals surface area contributed by atoms with E-state index in [4.69, 9.17) is 4.74 Å². The summed E-state index contributed by atoms with van der Waals surface area (Å²) in [6.07, 6.45) is 6.71. The highest BCUT2D eigenvalue weighted by Gasteiger charge is 2.26. The molecule has 0 aliphatic heterocycles. The van der Waals surface area contributed by atoms with Crippen molar-refractivity contribution in [3.63, 3.8) is 0 Å². The van der Waals surface area contributed by atoms with E-state index >= 15 is 0 Å². The van der Waals surface area contributed by atoms with Crippen LogP contribution in [0.5, 0.6) is 5.75 Å². The summed E-state index contributed by atoms with van der Waals surface area (Å²) >= 11 is 0. The molecule has 0 bridgehead atoms. The molecule has 118 valence electrons. The second-order valence-electron chi connectivity index (χ2n) is 7.49. The van der Waals surface area contributed by atoms with Gasteiger partial charge in [0.2, 0.25) is 0 Å². The van der Waals surface area contributed by atoms with Crippen LogP contribution in [0.15, 0.2) is 24.3 Å². The minimum absolute atomic E-state index is 0.220.